The van der Waals surface area contributed by atoms with Crippen molar-refractivity contribution >= 4 is 9.24 Å². The molecule has 0 saturated carbocycles. The van der Waals surface area contributed by atoms with Gasteiger partial charge in [-0.25, -0.2) is 0 Å². The van der Waals surface area contributed by atoms with E-state index in [0.29, 0.717) is 5.92 Å². The molecule has 18 heavy (non-hydrogen) atoms. The standard InChI is InChI=1S/C15H17P.C2H6/c16-12-11-15(13-7-3-1-4-8-13)14-9-5-2-6-10-14;1-2/h1-10,15H,11-12,16H2;1-2H3. The molecule has 0 N–H and O–H groups in total. The molecule has 0 aliphatic carbocycles. The van der Waals surface area contributed by atoms with E-state index < -0.39 is 0 Å². The summed E-state index contributed by atoms with van der Waals surface area (Å²) in [7, 11) is 2.82. The molecule has 0 radical (unpaired) electrons. The minimum absolute atomic E-state index is 0.528. The van der Waals surface area contributed by atoms with Gasteiger partial charge in [-0.1, -0.05) is 74.5 Å². The molecule has 0 nitrogen and oxygen atoms in total. The Morgan fingerprint density at radius 3 is 1.50 bits per heavy atom. The zero-order valence-electron chi connectivity index (χ0n) is 11.3. The van der Waals surface area contributed by atoms with Gasteiger partial charge < -0.3 is 0 Å². The maximum Gasteiger partial charge on any atom is 0.00925 e. The maximum atomic E-state index is 2.82. The van der Waals surface area contributed by atoms with Crippen molar-refractivity contribution in [2.45, 2.75) is 26.2 Å². The van der Waals surface area contributed by atoms with E-state index in [2.05, 4.69) is 69.9 Å². The molecular weight excluding hydrogens is 235 g/mol. The van der Waals surface area contributed by atoms with Crippen LogP contribution in [-0.2, 0) is 0 Å². The van der Waals surface area contributed by atoms with Gasteiger partial charge >= 0.3 is 0 Å². The van der Waals surface area contributed by atoms with Crippen molar-refractivity contribution in [2.75, 3.05) is 6.16 Å². The third-order valence-electron chi connectivity index (χ3n) is 2.86. The molecule has 0 aliphatic heterocycles. The topological polar surface area (TPSA) is 0 Å². The molecule has 0 spiro atoms. The van der Waals surface area contributed by atoms with E-state index in [1.807, 2.05) is 13.8 Å². The lowest BCUT2D eigenvalue weighted by atomic mass is 9.89. The largest absolute Gasteiger partial charge is 0.138 e. The molecule has 0 bridgehead atoms. The zero-order chi connectivity index (χ0) is 13.2. The predicted octanol–water partition coefficient (Wildman–Crippen LogP) is 5.11. The molecule has 1 heteroatoms. The van der Waals surface area contributed by atoms with Crippen molar-refractivity contribution < 1.29 is 0 Å². The van der Waals surface area contributed by atoms with Gasteiger partial charge in [0, 0.05) is 5.92 Å². The van der Waals surface area contributed by atoms with Crippen molar-refractivity contribution in [3.8, 4) is 0 Å². The molecule has 0 fully saturated rings. The first kappa shape index (κ1) is 14.9. The molecule has 2 rings (SSSR count). The number of hydrogen-bond donors (Lipinski definition) is 0. The second kappa shape index (κ2) is 8.89. The minimum atomic E-state index is 0.528. The maximum absolute atomic E-state index is 2.82. The predicted molar refractivity (Wildman–Crippen MR) is 85.3 cm³/mol. The van der Waals surface area contributed by atoms with Crippen LogP contribution in [0.15, 0.2) is 60.7 Å². The van der Waals surface area contributed by atoms with Gasteiger partial charge in [0.05, 0.1) is 0 Å². The van der Waals surface area contributed by atoms with Crippen LogP contribution in [0.1, 0.15) is 37.3 Å². The average molecular weight is 258 g/mol. The lowest BCUT2D eigenvalue weighted by molar-refractivity contribution is 0.785. The van der Waals surface area contributed by atoms with Crippen LogP contribution in [0.3, 0.4) is 0 Å². The molecule has 0 aromatic heterocycles. The van der Waals surface area contributed by atoms with E-state index in [1.54, 1.807) is 0 Å². The van der Waals surface area contributed by atoms with Gasteiger partial charge in [0.1, 0.15) is 0 Å². The molecule has 2 aromatic rings. The summed E-state index contributed by atoms with van der Waals surface area (Å²) in [6.45, 7) is 4.00. The summed E-state index contributed by atoms with van der Waals surface area (Å²) in [5, 5.41) is 0. The van der Waals surface area contributed by atoms with Crippen LogP contribution >= 0.6 is 9.24 Å². The Labute approximate surface area is 114 Å². The fourth-order valence-electron chi connectivity index (χ4n) is 2.06. The van der Waals surface area contributed by atoms with E-state index in [1.165, 1.54) is 17.5 Å². The highest BCUT2D eigenvalue weighted by Gasteiger charge is 2.11. The second-order valence-corrected chi connectivity index (χ2v) is 4.53. The van der Waals surface area contributed by atoms with Gasteiger partial charge in [0.2, 0.25) is 0 Å². The van der Waals surface area contributed by atoms with Crippen molar-refractivity contribution in [1.29, 1.82) is 0 Å². The Hall–Kier alpha value is -1.13. The summed E-state index contributed by atoms with van der Waals surface area (Å²) in [5.41, 5.74) is 2.83. The van der Waals surface area contributed by atoms with Crippen LogP contribution in [0, 0.1) is 0 Å². The van der Waals surface area contributed by atoms with Crippen molar-refractivity contribution in [3.05, 3.63) is 71.8 Å². The first-order chi connectivity index (χ1) is 8.92. The zero-order valence-corrected chi connectivity index (χ0v) is 12.5. The monoisotopic (exact) mass is 258 g/mol. The normalized spacial score (nSPS) is 9.78. The molecular formula is C17H23P. The Kier molecular flexibility index (Phi) is 7.37. The summed E-state index contributed by atoms with van der Waals surface area (Å²) in [5.74, 6) is 0.528. The van der Waals surface area contributed by atoms with Crippen molar-refractivity contribution in [1.82, 2.24) is 0 Å². The molecule has 0 amide bonds. The minimum Gasteiger partial charge on any atom is -0.138 e. The van der Waals surface area contributed by atoms with Gasteiger partial charge in [-0.15, -0.1) is 9.24 Å². The van der Waals surface area contributed by atoms with E-state index in [4.69, 9.17) is 0 Å². The summed E-state index contributed by atoms with van der Waals surface area (Å²) in [6.07, 6.45) is 2.31. The van der Waals surface area contributed by atoms with E-state index >= 15 is 0 Å². The quantitative estimate of drug-likeness (QED) is 0.668. The lowest BCUT2D eigenvalue weighted by Gasteiger charge is -2.16. The van der Waals surface area contributed by atoms with Crippen LogP contribution < -0.4 is 0 Å². The van der Waals surface area contributed by atoms with Crippen LogP contribution in [0.25, 0.3) is 0 Å². The number of hydrogen-bond acceptors (Lipinski definition) is 0. The third-order valence-corrected chi connectivity index (χ3v) is 3.19. The second-order valence-electron chi connectivity index (χ2n) is 3.95. The SMILES string of the molecule is CC.PCCC(c1ccccc1)c1ccccc1. The first-order valence-electron chi connectivity index (χ1n) is 6.72. The van der Waals surface area contributed by atoms with E-state index in [9.17, 15) is 0 Å². The number of benzene rings is 2. The van der Waals surface area contributed by atoms with Gasteiger partial charge in [-0.3, -0.25) is 0 Å². The van der Waals surface area contributed by atoms with E-state index in [-0.39, 0.29) is 0 Å². The van der Waals surface area contributed by atoms with Gasteiger partial charge in [0.25, 0.3) is 0 Å². The highest BCUT2D eigenvalue weighted by Crippen LogP contribution is 2.28. The molecule has 0 aliphatic rings. The van der Waals surface area contributed by atoms with Crippen LogP contribution in [0.2, 0.25) is 0 Å². The van der Waals surface area contributed by atoms with Crippen LogP contribution in [-0.4, -0.2) is 6.16 Å². The third kappa shape index (κ3) is 4.27. The molecule has 0 heterocycles. The summed E-state index contributed by atoms with van der Waals surface area (Å²) >= 11 is 0. The van der Waals surface area contributed by atoms with Crippen molar-refractivity contribution in [3.63, 3.8) is 0 Å². The van der Waals surface area contributed by atoms with Gasteiger partial charge in [0.15, 0.2) is 0 Å². The lowest BCUT2D eigenvalue weighted by Crippen LogP contribution is -2.01. The number of rotatable bonds is 4. The molecule has 96 valence electrons. The summed E-state index contributed by atoms with van der Waals surface area (Å²) < 4.78 is 0. The summed E-state index contributed by atoms with van der Waals surface area (Å²) in [4.78, 5) is 0. The van der Waals surface area contributed by atoms with Crippen molar-refractivity contribution in [2.24, 2.45) is 0 Å². The fraction of sp³-hybridized carbons (Fsp3) is 0.294. The van der Waals surface area contributed by atoms with Crippen LogP contribution in [0.5, 0.6) is 0 Å². The smallest absolute Gasteiger partial charge is 0.00925 e. The Balaban J connectivity index is 0.000000771. The first-order valence-corrected chi connectivity index (χ1v) is 7.53. The van der Waals surface area contributed by atoms with Gasteiger partial charge in [-0.05, 0) is 23.7 Å². The summed E-state index contributed by atoms with van der Waals surface area (Å²) in [6, 6.07) is 21.5. The fourth-order valence-corrected chi connectivity index (χ4v) is 2.40. The van der Waals surface area contributed by atoms with Crippen LogP contribution in [0.4, 0.5) is 0 Å². The Bertz CT molecular complexity index is 369. The molecule has 1 atom stereocenters. The molecule has 1 unspecified atom stereocenters. The molecule has 2 aromatic carbocycles. The average Bonchev–Trinajstić information content (AvgIpc) is 2.49. The highest BCUT2D eigenvalue weighted by molar-refractivity contribution is 7.16. The van der Waals surface area contributed by atoms with Gasteiger partial charge in [-0.2, -0.15) is 0 Å². The Morgan fingerprint density at radius 2 is 1.17 bits per heavy atom. The van der Waals surface area contributed by atoms with E-state index in [0.717, 1.165) is 6.16 Å². The Morgan fingerprint density at radius 1 is 0.778 bits per heavy atom. The highest BCUT2D eigenvalue weighted by atomic mass is 31.0. The molecule has 0 saturated heterocycles.